The number of aryl methyl sites for hydroxylation is 1. The first kappa shape index (κ1) is 23.9. The Balaban J connectivity index is 1.64. The number of nitrogens with one attached hydrogen (secondary N) is 1. The molecular weight excluding hydrogens is 466 g/mol. The highest BCUT2D eigenvalue weighted by Gasteiger charge is 2.28. The molecule has 2 heterocycles. The van der Waals surface area contributed by atoms with Gasteiger partial charge in [0.1, 0.15) is 0 Å². The lowest BCUT2D eigenvalue weighted by atomic mass is 10.2. The van der Waals surface area contributed by atoms with Gasteiger partial charge in [-0.05, 0) is 36.8 Å². The van der Waals surface area contributed by atoms with Crippen LogP contribution in [0.1, 0.15) is 16.1 Å². The number of ether oxygens (including phenoxy) is 2. The maximum absolute atomic E-state index is 12.9. The molecule has 2 aromatic rings. The Labute approximate surface area is 184 Å². The molecule has 0 atom stereocenters. The third-order valence-electron chi connectivity index (χ3n) is 4.46. The molecule has 0 bridgehead atoms. The Hall–Kier alpha value is -2.78. The average Bonchev–Trinajstić information content (AvgIpc) is 3.25. The minimum Gasteiger partial charge on any atom is -0.450 e. The number of carbonyl (C=O) groups is 2. The molecule has 3 N–H and O–H groups in total. The van der Waals surface area contributed by atoms with E-state index in [2.05, 4.69) is 5.32 Å². The molecule has 1 aliphatic rings. The summed E-state index contributed by atoms with van der Waals surface area (Å²) in [5.74, 6) is -2.26. The molecule has 1 fully saturated rings. The first-order valence-electron chi connectivity index (χ1n) is 9.26. The molecule has 174 valence electrons. The smallest absolute Gasteiger partial charge is 0.374 e. The first-order chi connectivity index (χ1) is 15.0. The maximum Gasteiger partial charge on any atom is 0.374 e. The lowest BCUT2D eigenvalue weighted by Gasteiger charge is -2.26. The molecule has 1 aliphatic heterocycles. The van der Waals surface area contributed by atoms with Gasteiger partial charge in [0, 0.05) is 18.8 Å². The van der Waals surface area contributed by atoms with E-state index in [1.165, 1.54) is 16.4 Å². The van der Waals surface area contributed by atoms with E-state index in [0.717, 1.165) is 12.1 Å². The zero-order valence-electron chi connectivity index (χ0n) is 16.9. The number of esters is 1. The van der Waals surface area contributed by atoms with Gasteiger partial charge in [0.05, 0.1) is 18.1 Å². The van der Waals surface area contributed by atoms with Gasteiger partial charge in [0.15, 0.2) is 6.61 Å². The molecular formula is C18H21N3O9S2. The number of sulfonamides is 2. The minimum absolute atomic E-state index is 0.0419. The second-order valence-electron chi connectivity index (χ2n) is 6.78. The van der Waals surface area contributed by atoms with Gasteiger partial charge in [-0.1, -0.05) is 6.07 Å². The zero-order valence-corrected chi connectivity index (χ0v) is 18.6. The minimum atomic E-state index is -4.13. The normalized spacial score (nSPS) is 15.3. The predicted molar refractivity (Wildman–Crippen MR) is 110 cm³/mol. The number of hydrogen-bond acceptors (Lipinski definition) is 9. The largest absolute Gasteiger partial charge is 0.450 e. The van der Waals surface area contributed by atoms with Crippen LogP contribution in [-0.4, -0.2) is 65.9 Å². The Kier molecular flexibility index (Phi) is 7.00. The van der Waals surface area contributed by atoms with Gasteiger partial charge < -0.3 is 19.2 Å². The summed E-state index contributed by atoms with van der Waals surface area (Å²) in [5.41, 5.74) is 0.697. The molecule has 0 spiro atoms. The van der Waals surface area contributed by atoms with Crippen molar-refractivity contribution in [2.75, 3.05) is 38.2 Å². The van der Waals surface area contributed by atoms with Crippen molar-refractivity contribution < 1.29 is 40.3 Å². The predicted octanol–water partition coefficient (Wildman–Crippen LogP) is 0.0518. The van der Waals surface area contributed by atoms with Crippen molar-refractivity contribution in [1.82, 2.24) is 4.31 Å². The molecule has 14 heteroatoms. The van der Waals surface area contributed by atoms with Crippen LogP contribution in [0, 0.1) is 6.92 Å². The molecule has 1 aromatic carbocycles. The van der Waals surface area contributed by atoms with Gasteiger partial charge in [-0.15, -0.1) is 0 Å². The highest BCUT2D eigenvalue weighted by atomic mass is 32.2. The van der Waals surface area contributed by atoms with E-state index in [1.54, 1.807) is 13.0 Å². The van der Waals surface area contributed by atoms with Gasteiger partial charge in [-0.25, -0.2) is 26.8 Å². The van der Waals surface area contributed by atoms with E-state index >= 15 is 0 Å². The monoisotopic (exact) mass is 487 g/mol. The number of benzene rings is 1. The number of hydrogen-bond donors (Lipinski definition) is 2. The molecule has 3 rings (SSSR count). The fraction of sp³-hybridized carbons (Fsp3) is 0.333. The number of furan rings is 1. The van der Waals surface area contributed by atoms with Crippen molar-refractivity contribution in [2.45, 2.75) is 16.9 Å². The van der Waals surface area contributed by atoms with Crippen LogP contribution in [-0.2, 0) is 34.3 Å². The van der Waals surface area contributed by atoms with Crippen LogP contribution < -0.4 is 10.5 Å². The number of morpholine rings is 1. The van der Waals surface area contributed by atoms with Gasteiger partial charge >= 0.3 is 5.97 Å². The van der Waals surface area contributed by atoms with Gasteiger partial charge in [-0.3, -0.25) is 4.79 Å². The third-order valence-corrected chi connectivity index (χ3v) is 7.28. The van der Waals surface area contributed by atoms with Crippen molar-refractivity contribution in [3.63, 3.8) is 0 Å². The van der Waals surface area contributed by atoms with Crippen LogP contribution in [0.25, 0.3) is 0 Å². The number of amides is 1. The van der Waals surface area contributed by atoms with Gasteiger partial charge in [0.25, 0.3) is 15.9 Å². The maximum atomic E-state index is 12.9. The molecule has 0 radical (unpaired) electrons. The molecule has 12 nitrogen and oxygen atoms in total. The van der Waals surface area contributed by atoms with Gasteiger partial charge in [-0.2, -0.15) is 4.31 Å². The molecule has 1 saturated heterocycles. The van der Waals surface area contributed by atoms with E-state index in [4.69, 9.17) is 19.0 Å². The Morgan fingerprint density at radius 1 is 1.12 bits per heavy atom. The highest BCUT2D eigenvalue weighted by molar-refractivity contribution is 7.89. The summed E-state index contributed by atoms with van der Waals surface area (Å²) in [5, 5.41) is 6.72. The van der Waals surface area contributed by atoms with Crippen molar-refractivity contribution in [3.05, 3.63) is 41.7 Å². The Morgan fingerprint density at radius 2 is 1.81 bits per heavy atom. The van der Waals surface area contributed by atoms with Crippen molar-refractivity contribution in [2.24, 2.45) is 5.14 Å². The molecule has 1 amide bonds. The van der Waals surface area contributed by atoms with Crippen LogP contribution in [0.3, 0.4) is 0 Å². The van der Waals surface area contributed by atoms with E-state index in [1.807, 2.05) is 0 Å². The fourth-order valence-electron chi connectivity index (χ4n) is 2.86. The molecule has 1 aromatic heterocycles. The zero-order chi connectivity index (χ0) is 23.5. The molecule has 0 aliphatic carbocycles. The fourth-order valence-corrected chi connectivity index (χ4v) is 4.99. The summed E-state index contributed by atoms with van der Waals surface area (Å²) in [6, 6.07) is 6.41. The van der Waals surface area contributed by atoms with E-state index in [0.29, 0.717) is 18.8 Å². The first-order valence-corrected chi connectivity index (χ1v) is 12.3. The van der Waals surface area contributed by atoms with Crippen molar-refractivity contribution >= 4 is 37.6 Å². The molecule has 32 heavy (non-hydrogen) atoms. The second kappa shape index (κ2) is 9.38. The quantitative estimate of drug-likeness (QED) is 0.511. The Morgan fingerprint density at radius 3 is 2.44 bits per heavy atom. The van der Waals surface area contributed by atoms with Crippen LogP contribution in [0.15, 0.2) is 44.7 Å². The third kappa shape index (κ3) is 5.52. The summed E-state index contributed by atoms with van der Waals surface area (Å²) in [6.07, 6.45) is 0. The number of rotatable bonds is 7. The average molecular weight is 488 g/mol. The highest BCUT2D eigenvalue weighted by Crippen LogP contribution is 2.24. The van der Waals surface area contributed by atoms with Crippen LogP contribution in [0.2, 0.25) is 0 Å². The summed E-state index contributed by atoms with van der Waals surface area (Å²) in [6.45, 7) is 1.98. The lowest BCUT2D eigenvalue weighted by Crippen LogP contribution is -2.40. The standard InChI is InChI=1S/C18H21N3O9S2/c1-12-2-3-13(10-15(12)32(26,27)21-6-8-28-9-7-21)20-16(22)11-29-18(23)14-4-5-17(30-14)31(19,24)25/h2-5,10H,6-9,11H2,1H3,(H,20,22)(H2,19,24,25). The number of primary sulfonamides is 1. The summed E-state index contributed by atoms with van der Waals surface area (Å²) < 4.78 is 64.3. The van der Waals surface area contributed by atoms with E-state index < -0.39 is 49.4 Å². The summed E-state index contributed by atoms with van der Waals surface area (Å²) in [7, 11) is -7.91. The van der Waals surface area contributed by atoms with Crippen molar-refractivity contribution in [3.8, 4) is 0 Å². The topological polar surface area (TPSA) is 175 Å². The SMILES string of the molecule is Cc1ccc(NC(=O)COC(=O)c2ccc(S(N)(=O)=O)o2)cc1S(=O)(=O)N1CCOCC1. The van der Waals surface area contributed by atoms with E-state index in [-0.39, 0.29) is 23.7 Å². The summed E-state index contributed by atoms with van der Waals surface area (Å²) in [4.78, 5) is 24.1. The molecule has 0 unspecified atom stereocenters. The number of nitrogens with two attached hydrogens (primary N) is 1. The number of carbonyl (C=O) groups excluding carboxylic acids is 2. The van der Waals surface area contributed by atoms with Crippen LogP contribution >= 0.6 is 0 Å². The second-order valence-corrected chi connectivity index (χ2v) is 10.2. The number of nitrogens with zero attached hydrogens (tertiary/aromatic N) is 1. The van der Waals surface area contributed by atoms with Crippen molar-refractivity contribution in [1.29, 1.82) is 0 Å². The molecule has 0 saturated carbocycles. The van der Waals surface area contributed by atoms with E-state index in [9.17, 15) is 26.4 Å². The summed E-state index contributed by atoms with van der Waals surface area (Å²) >= 11 is 0. The number of anilines is 1. The van der Waals surface area contributed by atoms with Crippen LogP contribution in [0.5, 0.6) is 0 Å². The van der Waals surface area contributed by atoms with Gasteiger partial charge in [0.2, 0.25) is 20.9 Å². The Bertz CT molecular complexity index is 1230. The van der Waals surface area contributed by atoms with Crippen LogP contribution in [0.4, 0.5) is 5.69 Å². The lowest BCUT2D eigenvalue weighted by molar-refractivity contribution is -0.119.